The number of halogens is 3. The van der Waals surface area contributed by atoms with Crippen LogP contribution < -0.4 is 10.5 Å². The topological polar surface area (TPSA) is 95.8 Å². The van der Waals surface area contributed by atoms with Crippen LogP contribution in [0.4, 0.5) is 19.0 Å². The first kappa shape index (κ1) is 22.7. The summed E-state index contributed by atoms with van der Waals surface area (Å²) in [4.78, 5) is 17.3. The van der Waals surface area contributed by atoms with Crippen LogP contribution in [0.15, 0.2) is 54.6 Å². The molecule has 0 spiro atoms. The average molecular weight is 480 g/mol. The molecule has 0 radical (unpaired) electrons. The molecule has 0 fully saturated rings. The second-order valence-electron chi connectivity index (χ2n) is 8.55. The third-order valence-electron chi connectivity index (χ3n) is 5.66. The molecule has 5 rings (SSSR count). The maximum Gasteiger partial charge on any atom is 0.573 e. The number of hydrogen-bond acceptors (Lipinski definition) is 5. The first-order valence-electron chi connectivity index (χ1n) is 10.9. The molecular weight excluding hydrogens is 457 g/mol. The van der Waals surface area contributed by atoms with Gasteiger partial charge >= 0.3 is 6.36 Å². The molecule has 35 heavy (non-hydrogen) atoms. The van der Waals surface area contributed by atoms with E-state index in [2.05, 4.69) is 30.7 Å². The molecule has 0 unspecified atom stereocenters. The molecule has 0 amide bonds. The van der Waals surface area contributed by atoms with Crippen molar-refractivity contribution in [3.05, 3.63) is 71.5 Å². The number of aromatic nitrogens is 4. The maximum atomic E-state index is 12.7. The number of fused-ring (bicyclic) bond motifs is 2. The zero-order valence-corrected chi connectivity index (χ0v) is 19.1. The minimum absolute atomic E-state index is 0.186. The standard InChI is InChI=1S/C25H23F3N6O/c1-14-30-23-18(11-22(29)33-24(23)31-14)20-10-17-9-15(7-8-19(17)32-20)12-34(2)13-16-5-3-4-6-21(16)35-25(26,27)28/h3-11,32H,12-13H2,1-2H3,(H3,29,30,31,33). The van der Waals surface area contributed by atoms with Crippen LogP contribution in [0.2, 0.25) is 0 Å². The predicted octanol–water partition coefficient (Wildman–Crippen LogP) is 5.53. The van der Waals surface area contributed by atoms with Crippen LogP contribution in [0, 0.1) is 6.92 Å². The zero-order chi connectivity index (χ0) is 24.7. The van der Waals surface area contributed by atoms with E-state index in [1.54, 1.807) is 18.2 Å². The fourth-order valence-corrected chi connectivity index (χ4v) is 4.27. The third-order valence-corrected chi connectivity index (χ3v) is 5.66. The number of aryl methyl sites for hydroxylation is 1. The van der Waals surface area contributed by atoms with Gasteiger partial charge in [0.25, 0.3) is 0 Å². The molecule has 0 saturated heterocycles. The molecule has 180 valence electrons. The lowest BCUT2D eigenvalue weighted by Gasteiger charge is -2.19. The minimum Gasteiger partial charge on any atom is -0.405 e. The predicted molar refractivity (Wildman–Crippen MR) is 129 cm³/mol. The third kappa shape index (κ3) is 4.92. The van der Waals surface area contributed by atoms with Gasteiger partial charge in [0.2, 0.25) is 0 Å². The largest absolute Gasteiger partial charge is 0.573 e. The van der Waals surface area contributed by atoms with Gasteiger partial charge in [-0.25, -0.2) is 9.97 Å². The number of para-hydroxylation sites is 1. The smallest absolute Gasteiger partial charge is 0.405 e. The Morgan fingerprint density at radius 2 is 1.80 bits per heavy atom. The molecular formula is C25H23F3N6O. The number of ether oxygens (including phenoxy) is 1. The number of nitrogens with one attached hydrogen (secondary N) is 2. The van der Waals surface area contributed by atoms with E-state index in [9.17, 15) is 13.2 Å². The van der Waals surface area contributed by atoms with Gasteiger partial charge < -0.3 is 20.4 Å². The van der Waals surface area contributed by atoms with Gasteiger partial charge in [-0.3, -0.25) is 4.90 Å². The van der Waals surface area contributed by atoms with E-state index in [1.165, 1.54) is 12.1 Å². The van der Waals surface area contributed by atoms with Gasteiger partial charge in [-0.15, -0.1) is 13.2 Å². The lowest BCUT2D eigenvalue weighted by molar-refractivity contribution is -0.275. The van der Waals surface area contributed by atoms with E-state index in [1.807, 2.05) is 37.1 Å². The molecule has 3 heterocycles. The number of imidazole rings is 1. The van der Waals surface area contributed by atoms with Crippen molar-refractivity contribution in [3.8, 4) is 17.0 Å². The highest BCUT2D eigenvalue weighted by atomic mass is 19.4. The SMILES string of the molecule is Cc1nc2c(-c3cc4cc(CN(C)Cc5ccccc5OC(F)(F)F)ccc4[nH]3)cc(N)nc2[nH]1. The number of hydrogen-bond donors (Lipinski definition) is 3. The van der Waals surface area contributed by atoms with Crippen molar-refractivity contribution >= 4 is 27.9 Å². The molecule has 0 saturated carbocycles. The van der Waals surface area contributed by atoms with Gasteiger partial charge in [-0.1, -0.05) is 24.3 Å². The number of rotatable bonds is 6. The number of nitrogens with two attached hydrogens (primary N) is 1. The zero-order valence-electron chi connectivity index (χ0n) is 19.1. The van der Waals surface area contributed by atoms with Gasteiger partial charge in [-0.2, -0.15) is 0 Å². The lowest BCUT2D eigenvalue weighted by Crippen LogP contribution is -2.21. The summed E-state index contributed by atoms with van der Waals surface area (Å²) in [6, 6.07) is 16.0. The Bertz CT molecular complexity index is 1520. The molecule has 3 aromatic heterocycles. The summed E-state index contributed by atoms with van der Waals surface area (Å²) in [7, 11) is 1.85. The number of benzene rings is 2. The van der Waals surface area contributed by atoms with Crippen LogP contribution >= 0.6 is 0 Å². The van der Waals surface area contributed by atoms with Gasteiger partial charge in [0, 0.05) is 40.8 Å². The van der Waals surface area contributed by atoms with Crippen LogP contribution in [-0.4, -0.2) is 38.2 Å². The molecule has 0 aliphatic carbocycles. The van der Waals surface area contributed by atoms with Crippen LogP contribution in [-0.2, 0) is 13.1 Å². The highest BCUT2D eigenvalue weighted by molar-refractivity contribution is 5.95. The molecule has 0 aliphatic heterocycles. The number of anilines is 1. The van der Waals surface area contributed by atoms with E-state index >= 15 is 0 Å². The Labute approximate surface area is 198 Å². The first-order chi connectivity index (χ1) is 16.6. The summed E-state index contributed by atoms with van der Waals surface area (Å²) in [5.74, 6) is 0.962. The number of aromatic amines is 2. The number of pyridine rings is 1. The summed E-state index contributed by atoms with van der Waals surface area (Å²) in [5.41, 5.74) is 11.5. The van der Waals surface area contributed by atoms with Crippen LogP contribution in [0.5, 0.6) is 5.75 Å². The summed E-state index contributed by atoms with van der Waals surface area (Å²) in [6.07, 6.45) is -4.73. The van der Waals surface area contributed by atoms with Crippen molar-refractivity contribution in [1.29, 1.82) is 0 Å². The van der Waals surface area contributed by atoms with Crippen molar-refractivity contribution in [2.45, 2.75) is 26.4 Å². The van der Waals surface area contributed by atoms with E-state index in [4.69, 9.17) is 5.73 Å². The Balaban J connectivity index is 1.38. The Hall–Kier alpha value is -4.05. The van der Waals surface area contributed by atoms with Crippen molar-refractivity contribution in [3.63, 3.8) is 0 Å². The van der Waals surface area contributed by atoms with E-state index in [0.29, 0.717) is 30.1 Å². The molecule has 0 atom stereocenters. The quantitative estimate of drug-likeness (QED) is 0.297. The Morgan fingerprint density at radius 3 is 2.60 bits per heavy atom. The van der Waals surface area contributed by atoms with Crippen molar-refractivity contribution in [2.24, 2.45) is 0 Å². The van der Waals surface area contributed by atoms with Crippen LogP contribution in [0.1, 0.15) is 17.0 Å². The first-order valence-corrected chi connectivity index (χ1v) is 10.9. The molecule has 4 N–H and O–H groups in total. The fraction of sp³-hybridized carbons (Fsp3) is 0.200. The highest BCUT2D eigenvalue weighted by Crippen LogP contribution is 2.31. The van der Waals surface area contributed by atoms with Crippen LogP contribution in [0.25, 0.3) is 33.3 Å². The molecule has 0 bridgehead atoms. The van der Waals surface area contributed by atoms with Gasteiger partial charge in [0.05, 0.1) is 0 Å². The molecule has 2 aromatic carbocycles. The van der Waals surface area contributed by atoms with E-state index < -0.39 is 6.36 Å². The number of alkyl halides is 3. The molecule has 0 aliphatic rings. The fourth-order valence-electron chi connectivity index (χ4n) is 4.27. The van der Waals surface area contributed by atoms with Crippen molar-refractivity contribution in [2.75, 3.05) is 12.8 Å². The summed E-state index contributed by atoms with van der Waals surface area (Å²) < 4.78 is 42.4. The number of nitrogen functional groups attached to an aromatic ring is 1. The maximum absolute atomic E-state index is 12.7. The number of H-pyrrole nitrogens is 2. The second kappa shape index (κ2) is 8.62. The van der Waals surface area contributed by atoms with Gasteiger partial charge in [0.15, 0.2) is 5.65 Å². The second-order valence-corrected chi connectivity index (χ2v) is 8.55. The highest BCUT2D eigenvalue weighted by Gasteiger charge is 2.32. The minimum atomic E-state index is -4.73. The van der Waals surface area contributed by atoms with Crippen molar-refractivity contribution in [1.82, 2.24) is 24.8 Å². The van der Waals surface area contributed by atoms with Gasteiger partial charge in [0.1, 0.15) is 22.9 Å². The Kier molecular flexibility index (Phi) is 5.60. The average Bonchev–Trinajstić information content (AvgIpc) is 3.35. The van der Waals surface area contributed by atoms with Gasteiger partial charge in [-0.05, 0) is 49.9 Å². The van der Waals surface area contributed by atoms with E-state index in [-0.39, 0.29) is 5.75 Å². The monoisotopic (exact) mass is 480 g/mol. The molecule has 10 heteroatoms. The normalized spacial score (nSPS) is 12.2. The summed E-state index contributed by atoms with van der Waals surface area (Å²) in [6.45, 7) is 2.71. The van der Waals surface area contributed by atoms with Crippen molar-refractivity contribution < 1.29 is 17.9 Å². The number of nitrogens with zero attached hydrogens (tertiary/aromatic N) is 3. The van der Waals surface area contributed by atoms with E-state index in [0.717, 1.165) is 39.1 Å². The Morgan fingerprint density at radius 1 is 1.00 bits per heavy atom. The molecule has 7 nitrogen and oxygen atoms in total. The van der Waals surface area contributed by atoms with Crippen LogP contribution in [0.3, 0.4) is 0 Å². The lowest BCUT2D eigenvalue weighted by atomic mass is 10.1. The molecule has 5 aromatic rings. The summed E-state index contributed by atoms with van der Waals surface area (Å²) in [5, 5.41) is 1.00. The summed E-state index contributed by atoms with van der Waals surface area (Å²) >= 11 is 0.